The molecule has 0 unspecified atom stereocenters. The number of rotatable bonds is 8. The van der Waals surface area contributed by atoms with Crippen molar-refractivity contribution in [1.82, 2.24) is 15.1 Å². The van der Waals surface area contributed by atoms with Gasteiger partial charge in [0.25, 0.3) is 0 Å². The average molecular weight is 427 g/mol. The molecule has 2 amide bonds. The number of benzene rings is 1. The van der Waals surface area contributed by atoms with Gasteiger partial charge in [0.15, 0.2) is 0 Å². The largest absolute Gasteiger partial charge is 0.354 e. The molecule has 0 fully saturated rings. The Hall–Kier alpha value is -2.58. The number of thiophene rings is 1. The van der Waals surface area contributed by atoms with E-state index in [4.69, 9.17) is 0 Å². The summed E-state index contributed by atoms with van der Waals surface area (Å²) in [4.78, 5) is 25.9. The van der Waals surface area contributed by atoms with Crippen LogP contribution in [0.25, 0.3) is 0 Å². The van der Waals surface area contributed by atoms with Crippen LogP contribution in [-0.4, -0.2) is 28.1 Å². The lowest BCUT2D eigenvalue weighted by atomic mass is 10.1. The third-order valence-corrected chi connectivity index (χ3v) is 6.51. The third kappa shape index (κ3) is 5.07. The highest BCUT2D eigenvalue weighted by Gasteiger charge is 2.25. The van der Waals surface area contributed by atoms with Gasteiger partial charge >= 0.3 is 0 Å². The van der Waals surface area contributed by atoms with Crippen molar-refractivity contribution in [3.8, 4) is 0 Å². The van der Waals surface area contributed by atoms with Crippen molar-refractivity contribution in [2.75, 3.05) is 11.9 Å². The highest BCUT2D eigenvalue weighted by molar-refractivity contribution is 7.98. The number of carbonyl (C=O) groups is 2. The summed E-state index contributed by atoms with van der Waals surface area (Å²) in [5, 5.41) is 12.5. The van der Waals surface area contributed by atoms with Gasteiger partial charge in [0.1, 0.15) is 12.4 Å². The molecule has 3 aromatic rings. The zero-order valence-corrected chi connectivity index (χ0v) is 17.5. The molecule has 0 spiro atoms. The number of aromatic nitrogens is 2. The van der Waals surface area contributed by atoms with Gasteiger partial charge in [-0.3, -0.25) is 9.59 Å². The van der Waals surface area contributed by atoms with E-state index in [2.05, 4.69) is 15.7 Å². The molecule has 0 saturated heterocycles. The zero-order chi connectivity index (χ0) is 20.1. The number of hydrogen-bond acceptors (Lipinski definition) is 5. The molecule has 2 aromatic heterocycles. The predicted octanol–water partition coefficient (Wildman–Crippen LogP) is 3.23. The molecule has 6 nitrogen and oxygen atoms in total. The maximum atomic E-state index is 12.5. The van der Waals surface area contributed by atoms with Gasteiger partial charge in [-0.1, -0.05) is 36.4 Å². The first-order chi connectivity index (χ1) is 14.2. The Morgan fingerprint density at radius 1 is 1.07 bits per heavy atom. The van der Waals surface area contributed by atoms with Crippen molar-refractivity contribution < 1.29 is 9.59 Å². The Kier molecular flexibility index (Phi) is 6.31. The summed E-state index contributed by atoms with van der Waals surface area (Å²) in [7, 11) is 0. The lowest BCUT2D eigenvalue weighted by Crippen LogP contribution is -2.30. The standard InChI is InChI=1S/C21H22N4O2S2/c26-19(11-16-7-4-10-29-16)23-21-17-13-28-14-18(17)24-25(21)12-20(27)22-9-8-15-5-2-1-3-6-15/h1-7,10H,8-9,11-14H2,(H,22,27)(H,23,26). The van der Waals surface area contributed by atoms with Crippen molar-refractivity contribution in [2.45, 2.75) is 30.9 Å². The molecule has 29 heavy (non-hydrogen) atoms. The van der Waals surface area contributed by atoms with Crippen LogP contribution in [0.3, 0.4) is 0 Å². The fourth-order valence-electron chi connectivity index (χ4n) is 3.25. The van der Waals surface area contributed by atoms with Gasteiger partial charge in [-0.25, -0.2) is 4.68 Å². The second-order valence-corrected chi connectivity index (χ2v) is 8.83. The lowest BCUT2D eigenvalue weighted by molar-refractivity contribution is -0.122. The highest BCUT2D eigenvalue weighted by Crippen LogP contribution is 2.34. The molecule has 1 aliphatic rings. The minimum Gasteiger partial charge on any atom is -0.354 e. The van der Waals surface area contributed by atoms with E-state index < -0.39 is 0 Å². The van der Waals surface area contributed by atoms with E-state index in [0.717, 1.165) is 34.1 Å². The molecule has 3 heterocycles. The molecule has 0 aliphatic carbocycles. The van der Waals surface area contributed by atoms with Crippen molar-refractivity contribution >= 4 is 40.7 Å². The van der Waals surface area contributed by atoms with Gasteiger partial charge in [-0.15, -0.1) is 11.3 Å². The second kappa shape index (κ2) is 9.28. The molecular formula is C21H22N4O2S2. The Morgan fingerprint density at radius 2 is 1.93 bits per heavy atom. The lowest BCUT2D eigenvalue weighted by Gasteiger charge is -2.11. The van der Waals surface area contributed by atoms with Crippen LogP contribution in [0.2, 0.25) is 0 Å². The summed E-state index contributed by atoms with van der Waals surface area (Å²) in [6.45, 7) is 0.667. The van der Waals surface area contributed by atoms with E-state index in [1.54, 1.807) is 27.8 Å². The molecule has 0 radical (unpaired) electrons. The third-order valence-electron chi connectivity index (χ3n) is 4.66. The fraction of sp³-hybridized carbons (Fsp3) is 0.286. The summed E-state index contributed by atoms with van der Waals surface area (Å²) >= 11 is 3.33. The van der Waals surface area contributed by atoms with Gasteiger partial charge in [0.2, 0.25) is 11.8 Å². The molecule has 4 rings (SSSR count). The monoisotopic (exact) mass is 426 g/mol. The van der Waals surface area contributed by atoms with Crippen LogP contribution in [0.4, 0.5) is 5.82 Å². The minimum atomic E-state index is -0.108. The molecular weight excluding hydrogens is 404 g/mol. The van der Waals surface area contributed by atoms with Crippen LogP contribution in [0, 0.1) is 0 Å². The first-order valence-corrected chi connectivity index (χ1v) is 11.5. The zero-order valence-electron chi connectivity index (χ0n) is 15.9. The average Bonchev–Trinajstić information content (AvgIpc) is 3.43. The van der Waals surface area contributed by atoms with Gasteiger partial charge < -0.3 is 10.6 Å². The van der Waals surface area contributed by atoms with E-state index >= 15 is 0 Å². The number of anilines is 1. The summed E-state index contributed by atoms with van der Waals surface area (Å²) in [5.74, 6) is 2.08. The Balaban J connectivity index is 1.38. The molecule has 1 aromatic carbocycles. The van der Waals surface area contributed by atoms with Crippen LogP contribution in [0.15, 0.2) is 47.8 Å². The summed E-state index contributed by atoms with van der Waals surface area (Å²) in [6.07, 6.45) is 1.11. The molecule has 0 atom stereocenters. The van der Waals surface area contributed by atoms with Gasteiger partial charge in [-0.05, 0) is 23.4 Å². The molecule has 2 N–H and O–H groups in total. The van der Waals surface area contributed by atoms with Crippen LogP contribution in [0.1, 0.15) is 21.7 Å². The van der Waals surface area contributed by atoms with E-state index in [1.165, 1.54) is 5.56 Å². The summed E-state index contributed by atoms with van der Waals surface area (Å²) in [5.41, 5.74) is 3.18. The van der Waals surface area contributed by atoms with E-state index in [9.17, 15) is 9.59 Å². The maximum Gasteiger partial charge on any atom is 0.241 e. The first-order valence-electron chi connectivity index (χ1n) is 9.48. The quantitative estimate of drug-likeness (QED) is 0.580. The topological polar surface area (TPSA) is 76.0 Å². The van der Waals surface area contributed by atoms with Crippen molar-refractivity contribution in [2.24, 2.45) is 0 Å². The van der Waals surface area contributed by atoms with Crippen LogP contribution < -0.4 is 10.6 Å². The smallest absolute Gasteiger partial charge is 0.241 e. The Labute approximate surface area is 177 Å². The number of fused-ring (bicyclic) bond motifs is 1. The van der Waals surface area contributed by atoms with E-state index in [-0.39, 0.29) is 18.4 Å². The number of nitrogens with zero attached hydrogens (tertiary/aromatic N) is 2. The van der Waals surface area contributed by atoms with Crippen molar-refractivity contribution in [3.63, 3.8) is 0 Å². The highest BCUT2D eigenvalue weighted by atomic mass is 32.2. The number of thioether (sulfide) groups is 1. The number of amides is 2. The SMILES string of the molecule is O=C(Cn1nc2c(c1NC(=O)Cc1cccs1)CSC2)NCCc1ccccc1. The van der Waals surface area contributed by atoms with E-state index in [1.807, 2.05) is 47.8 Å². The summed E-state index contributed by atoms with van der Waals surface area (Å²) < 4.78 is 1.63. The second-order valence-electron chi connectivity index (χ2n) is 6.81. The Bertz CT molecular complexity index is 984. The first kappa shape index (κ1) is 19.7. The van der Waals surface area contributed by atoms with Gasteiger partial charge in [-0.2, -0.15) is 16.9 Å². The molecule has 150 valence electrons. The fourth-order valence-corrected chi connectivity index (χ4v) is 4.99. The van der Waals surface area contributed by atoms with E-state index in [0.29, 0.717) is 18.8 Å². The molecule has 8 heteroatoms. The minimum absolute atomic E-state index is 0.0854. The van der Waals surface area contributed by atoms with Crippen LogP contribution >= 0.6 is 23.1 Å². The molecule has 0 saturated carbocycles. The van der Waals surface area contributed by atoms with Crippen molar-refractivity contribution in [3.05, 3.63) is 69.5 Å². The van der Waals surface area contributed by atoms with Crippen LogP contribution in [0.5, 0.6) is 0 Å². The normalized spacial score (nSPS) is 12.6. The van der Waals surface area contributed by atoms with Gasteiger partial charge in [0, 0.05) is 28.5 Å². The predicted molar refractivity (Wildman–Crippen MR) is 117 cm³/mol. The Morgan fingerprint density at radius 3 is 2.72 bits per heavy atom. The van der Waals surface area contributed by atoms with Crippen LogP contribution in [-0.2, 0) is 40.5 Å². The van der Waals surface area contributed by atoms with Crippen molar-refractivity contribution in [1.29, 1.82) is 0 Å². The maximum absolute atomic E-state index is 12.5. The molecule has 1 aliphatic heterocycles. The number of nitrogens with one attached hydrogen (secondary N) is 2. The summed E-state index contributed by atoms with van der Waals surface area (Å²) in [6, 6.07) is 13.9. The molecule has 0 bridgehead atoms. The number of hydrogen-bond donors (Lipinski definition) is 2. The number of carbonyl (C=O) groups excluding carboxylic acids is 2. The van der Waals surface area contributed by atoms with Gasteiger partial charge in [0.05, 0.1) is 12.1 Å².